The molecule has 0 amide bonds. The lowest BCUT2D eigenvalue weighted by Gasteiger charge is -2.53. The summed E-state index contributed by atoms with van der Waals surface area (Å²) in [7, 11) is 1.47. The molecular formula is C14H14Br2O5. The van der Waals surface area contributed by atoms with Gasteiger partial charge in [-0.05, 0) is 13.3 Å². The van der Waals surface area contributed by atoms with Crippen molar-refractivity contribution >= 4 is 49.4 Å². The lowest BCUT2D eigenvalue weighted by atomic mass is 9.58. The maximum atomic E-state index is 13.1. The molecule has 4 unspecified atom stereocenters. The number of allylic oxidation sites excluding steroid dienone is 1. The minimum atomic E-state index is -1.26. The molecule has 1 spiro atoms. The number of alkyl halides is 1. The summed E-state index contributed by atoms with van der Waals surface area (Å²) in [4.78, 5) is 36.7. The van der Waals surface area contributed by atoms with E-state index in [2.05, 4.69) is 31.9 Å². The third-order valence-corrected chi connectivity index (χ3v) is 6.96. The molecule has 4 aliphatic rings. The van der Waals surface area contributed by atoms with E-state index < -0.39 is 15.8 Å². The Morgan fingerprint density at radius 2 is 2.10 bits per heavy atom. The largest absolute Gasteiger partial charge is 0.498 e. The van der Waals surface area contributed by atoms with Crippen molar-refractivity contribution < 1.29 is 23.9 Å². The van der Waals surface area contributed by atoms with Crippen LogP contribution >= 0.6 is 31.9 Å². The molecule has 1 aliphatic heterocycles. The summed E-state index contributed by atoms with van der Waals surface area (Å²) in [6.07, 6.45) is 1.02. The molecule has 0 N–H and O–H groups in total. The van der Waals surface area contributed by atoms with Crippen LogP contribution in [0.15, 0.2) is 10.2 Å². The quantitative estimate of drug-likeness (QED) is 0.505. The van der Waals surface area contributed by atoms with E-state index >= 15 is 0 Å². The Balaban J connectivity index is 2.21. The molecule has 7 heteroatoms. The van der Waals surface area contributed by atoms with Gasteiger partial charge in [-0.3, -0.25) is 14.4 Å². The minimum absolute atomic E-state index is 0.0843. The zero-order chi connectivity index (χ0) is 15.6. The zero-order valence-corrected chi connectivity index (χ0v) is 14.7. The van der Waals surface area contributed by atoms with Crippen molar-refractivity contribution in [3.8, 4) is 0 Å². The third kappa shape index (κ3) is 1.70. The number of ketones is 2. The monoisotopic (exact) mass is 420 g/mol. The molecule has 21 heavy (non-hydrogen) atoms. The summed E-state index contributed by atoms with van der Waals surface area (Å²) in [5.74, 6) is -1.20. The van der Waals surface area contributed by atoms with E-state index in [1.165, 1.54) is 14.0 Å². The van der Waals surface area contributed by atoms with E-state index in [0.29, 0.717) is 23.1 Å². The van der Waals surface area contributed by atoms with Gasteiger partial charge in [0.2, 0.25) is 5.78 Å². The first kappa shape index (κ1) is 15.2. The first-order valence-corrected chi connectivity index (χ1v) is 8.28. The zero-order valence-electron chi connectivity index (χ0n) is 11.6. The smallest absolute Gasteiger partial charge is 0.306 e. The number of hydrogen-bond acceptors (Lipinski definition) is 5. The molecule has 114 valence electrons. The van der Waals surface area contributed by atoms with Crippen molar-refractivity contribution in [1.82, 2.24) is 0 Å². The fourth-order valence-electron chi connectivity index (χ4n) is 3.80. The van der Waals surface area contributed by atoms with Gasteiger partial charge >= 0.3 is 5.97 Å². The minimum Gasteiger partial charge on any atom is -0.498 e. The van der Waals surface area contributed by atoms with Gasteiger partial charge in [0.25, 0.3) is 0 Å². The van der Waals surface area contributed by atoms with Gasteiger partial charge in [-0.25, -0.2) is 0 Å². The van der Waals surface area contributed by atoms with Crippen LogP contribution in [0.3, 0.4) is 0 Å². The molecule has 4 atom stereocenters. The van der Waals surface area contributed by atoms with E-state index in [4.69, 9.17) is 9.47 Å². The lowest BCUT2D eigenvalue weighted by molar-refractivity contribution is -0.170. The average Bonchev–Trinajstić information content (AvgIpc) is 2.79. The van der Waals surface area contributed by atoms with Crippen LogP contribution in [-0.2, 0) is 23.9 Å². The predicted octanol–water partition coefficient (Wildman–Crippen LogP) is 2.26. The number of ether oxygens (including phenoxy) is 2. The second-order valence-corrected chi connectivity index (χ2v) is 7.84. The summed E-state index contributed by atoms with van der Waals surface area (Å²) < 4.78 is 10.3. The molecule has 4 rings (SSSR count). The number of hydrogen-bond donors (Lipinski definition) is 0. The summed E-state index contributed by atoms with van der Waals surface area (Å²) in [5, 5.41) is 0. The van der Waals surface area contributed by atoms with Crippen LogP contribution in [0.5, 0.6) is 0 Å². The Morgan fingerprint density at radius 3 is 2.57 bits per heavy atom. The lowest BCUT2D eigenvalue weighted by Crippen LogP contribution is -2.67. The van der Waals surface area contributed by atoms with Crippen LogP contribution in [0.1, 0.15) is 26.2 Å². The Bertz CT molecular complexity index is 598. The number of fused-ring (bicyclic) bond motifs is 1. The summed E-state index contributed by atoms with van der Waals surface area (Å²) >= 11 is 6.95. The molecule has 2 bridgehead atoms. The Morgan fingerprint density at radius 1 is 1.43 bits per heavy atom. The third-order valence-electron chi connectivity index (χ3n) is 4.77. The van der Waals surface area contributed by atoms with Gasteiger partial charge in [0.05, 0.1) is 7.11 Å². The number of methoxy groups -OCH3 is 1. The van der Waals surface area contributed by atoms with E-state index in [1.54, 1.807) is 0 Å². The van der Waals surface area contributed by atoms with Crippen LogP contribution in [-0.4, -0.2) is 34.6 Å². The standard InChI is InChI=1S/C14H14Br2O5/c1-6(17)7-5-8-10(15)11(20-2)14(7,16)12(19)13(8)4-3-9(18)21-13/h7-8H,3-5H2,1-2H3. The maximum Gasteiger partial charge on any atom is 0.306 e. The van der Waals surface area contributed by atoms with Crippen molar-refractivity contribution in [2.75, 3.05) is 7.11 Å². The Kier molecular flexibility index (Phi) is 3.37. The van der Waals surface area contributed by atoms with Crippen LogP contribution in [0.25, 0.3) is 0 Å². The number of Topliss-reactive ketones (excluding diaryl/α,β-unsaturated/α-hetero) is 2. The second kappa shape index (κ2) is 4.65. The fourth-order valence-corrected chi connectivity index (χ4v) is 6.32. The second-order valence-electron chi connectivity index (χ2n) is 5.74. The van der Waals surface area contributed by atoms with Crippen molar-refractivity contribution in [2.45, 2.75) is 36.1 Å². The molecule has 0 aromatic heterocycles. The highest BCUT2D eigenvalue weighted by atomic mass is 79.9. The predicted molar refractivity (Wildman–Crippen MR) is 80.0 cm³/mol. The van der Waals surface area contributed by atoms with Gasteiger partial charge in [0.1, 0.15) is 11.5 Å². The molecule has 0 aromatic carbocycles. The van der Waals surface area contributed by atoms with Gasteiger partial charge in [0.15, 0.2) is 9.93 Å². The molecule has 0 aromatic rings. The first-order chi connectivity index (χ1) is 9.79. The van der Waals surface area contributed by atoms with Crippen molar-refractivity contribution in [3.05, 3.63) is 10.2 Å². The number of carbonyl (C=O) groups excluding carboxylic acids is 3. The molecule has 1 heterocycles. The number of rotatable bonds is 2. The first-order valence-electron chi connectivity index (χ1n) is 6.69. The van der Waals surface area contributed by atoms with Crippen molar-refractivity contribution in [1.29, 1.82) is 0 Å². The van der Waals surface area contributed by atoms with Crippen LogP contribution in [0.2, 0.25) is 0 Å². The van der Waals surface area contributed by atoms with Crippen LogP contribution < -0.4 is 0 Å². The molecule has 5 nitrogen and oxygen atoms in total. The Labute approximate surface area is 138 Å². The number of halogens is 2. The van der Waals surface area contributed by atoms with E-state index in [9.17, 15) is 14.4 Å². The van der Waals surface area contributed by atoms with E-state index in [0.717, 1.165) is 0 Å². The fraction of sp³-hybridized carbons (Fsp3) is 0.643. The van der Waals surface area contributed by atoms with Crippen LogP contribution in [0, 0.1) is 11.8 Å². The average molecular weight is 422 g/mol. The molecule has 1 saturated carbocycles. The summed E-state index contributed by atoms with van der Waals surface area (Å²) in [5.41, 5.74) is -1.17. The van der Waals surface area contributed by atoms with Gasteiger partial charge in [0, 0.05) is 29.2 Å². The van der Waals surface area contributed by atoms with Gasteiger partial charge in [-0.2, -0.15) is 0 Å². The normalized spacial score (nSPS) is 41.7. The van der Waals surface area contributed by atoms with E-state index in [1.807, 2.05) is 0 Å². The highest BCUT2D eigenvalue weighted by Gasteiger charge is 2.72. The summed E-state index contributed by atoms with van der Waals surface area (Å²) in [6, 6.07) is 0. The maximum absolute atomic E-state index is 13.1. The SMILES string of the molecule is COC1=C(Br)C2CC(C(C)=O)C1(Br)C(=O)C21CCC(=O)O1. The van der Waals surface area contributed by atoms with Gasteiger partial charge in [-0.15, -0.1) is 0 Å². The number of esters is 1. The molecular weight excluding hydrogens is 408 g/mol. The van der Waals surface area contributed by atoms with Gasteiger partial charge < -0.3 is 9.47 Å². The van der Waals surface area contributed by atoms with Gasteiger partial charge in [-0.1, -0.05) is 31.9 Å². The molecule has 1 saturated heterocycles. The topological polar surface area (TPSA) is 69.7 Å². The van der Waals surface area contributed by atoms with E-state index in [-0.39, 0.29) is 29.9 Å². The molecule has 3 aliphatic carbocycles. The summed E-state index contributed by atoms with van der Waals surface area (Å²) in [6.45, 7) is 1.47. The highest BCUT2D eigenvalue weighted by Crippen LogP contribution is 2.62. The van der Waals surface area contributed by atoms with Crippen molar-refractivity contribution in [3.63, 3.8) is 0 Å². The molecule has 2 fully saturated rings. The van der Waals surface area contributed by atoms with Crippen LogP contribution in [0.4, 0.5) is 0 Å². The highest BCUT2D eigenvalue weighted by molar-refractivity contribution is 9.12. The number of carbonyl (C=O) groups is 3. The Hall–Kier alpha value is -0.690. The van der Waals surface area contributed by atoms with Crippen molar-refractivity contribution in [2.24, 2.45) is 11.8 Å². The molecule has 0 radical (unpaired) electrons.